The van der Waals surface area contributed by atoms with Crippen LogP contribution >= 0.6 is 0 Å². The minimum Gasteiger partial charge on any atom is -0.380 e. The topological polar surface area (TPSA) is 30.5 Å². The number of hydrogen-bond donors (Lipinski definition) is 1. The number of methoxy groups -OCH3 is 1. The van der Waals surface area contributed by atoms with Gasteiger partial charge in [0.2, 0.25) is 0 Å². The molecule has 0 spiro atoms. The van der Waals surface area contributed by atoms with Gasteiger partial charge in [0.15, 0.2) is 0 Å². The van der Waals surface area contributed by atoms with Crippen molar-refractivity contribution in [1.29, 1.82) is 0 Å². The Labute approximate surface area is 86.2 Å². The Balaban J connectivity index is 1.66. The summed E-state index contributed by atoms with van der Waals surface area (Å²) >= 11 is 0. The predicted molar refractivity (Wildman–Crippen MR) is 55.4 cm³/mol. The highest BCUT2D eigenvalue weighted by Crippen LogP contribution is 2.34. The minimum atomic E-state index is 0.154. The second-order valence-electron chi connectivity index (χ2n) is 5.15. The molecule has 1 heterocycles. The van der Waals surface area contributed by atoms with E-state index in [1.54, 1.807) is 0 Å². The third kappa shape index (κ3) is 1.95. The van der Waals surface area contributed by atoms with Crippen LogP contribution in [-0.2, 0) is 9.47 Å². The van der Waals surface area contributed by atoms with E-state index >= 15 is 0 Å². The summed E-state index contributed by atoms with van der Waals surface area (Å²) in [7, 11) is 1.83. The molecule has 1 aliphatic heterocycles. The van der Waals surface area contributed by atoms with E-state index in [4.69, 9.17) is 9.47 Å². The maximum atomic E-state index is 5.55. The summed E-state index contributed by atoms with van der Waals surface area (Å²) in [6, 6.07) is 0. The molecule has 0 atom stereocenters. The lowest BCUT2D eigenvalue weighted by molar-refractivity contribution is -0.107. The van der Waals surface area contributed by atoms with Gasteiger partial charge in [0.25, 0.3) is 0 Å². The van der Waals surface area contributed by atoms with Crippen LogP contribution in [0.5, 0.6) is 0 Å². The lowest BCUT2D eigenvalue weighted by atomic mass is 9.79. The zero-order chi connectivity index (χ0) is 10.1. The quantitative estimate of drug-likeness (QED) is 0.721. The molecule has 0 bridgehead atoms. The second kappa shape index (κ2) is 3.80. The Morgan fingerprint density at radius 3 is 2.36 bits per heavy atom. The molecule has 1 saturated heterocycles. The van der Waals surface area contributed by atoms with Crippen LogP contribution in [-0.4, -0.2) is 39.0 Å². The van der Waals surface area contributed by atoms with E-state index in [0.717, 1.165) is 26.3 Å². The molecular weight excluding hydrogens is 178 g/mol. The Morgan fingerprint density at radius 2 is 2.00 bits per heavy atom. The zero-order valence-corrected chi connectivity index (χ0v) is 9.27. The van der Waals surface area contributed by atoms with Crippen LogP contribution < -0.4 is 5.32 Å². The summed E-state index contributed by atoms with van der Waals surface area (Å²) < 4.78 is 10.8. The van der Waals surface area contributed by atoms with E-state index in [2.05, 4.69) is 12.2 Å². The molecule has 2 rings (SSSR count). The van der Waals surface area contributed by atoms with Gasteiger partial charge in [-0.2, -0.15) is 0 Å². The number of nitrogens with one attached hydrogen (secondary N) is 1. The van der Waals surface area contributed by atoms with Gasteiger partial charge in [-0.3, -0.25) is 0 Å². The Hall–Kier alpha value is -0.120. The SMILES string of the molecule is COC1(CNCC2(C)COC2)CCC1. The lowest BCUT2D eigenvalue weighted by Crippen LogP contribution is -2.53. The molecule has 0 aromatic rings. The van der Waals surface area contributed by atoms with Crippen molar-refractivity contribution in [2.45, 2.75) is 31.8 Å². The summed E-state index contributed by atoms with van der Waals surface area (Å²) in [5.74, 6) is 0. The molecule has 3 heteroatoms. The van der Waals surface area contributed by atoms with Gasteiger partial charge in [-0.15, -0.1) is 0 Å². The molecule has 3 nitrogen and oxygen atoms in total. The first kappa shape index (κ1) is 10.4. The monoisotopic (exact) mass is 199 g/mol. The van der Waals surface area contributed by atoms with Crippen molar-refractivity contribution in [3.8, 4) is 0 Å². The van der Waals surface area contributed by atoms with Crippen molar-refractivity contribution in [3.05, 3.63) is 0 Å². The molecule has 2 aliphatic rings. The van der Waals surface area contributed by atoms with E-state index in [-0.39, 0.29) is 5.60 Å². The first-order chi connectivity index (χ1) is 6.68. The van der Waals surface area contributed by atoms with E-state index in [0.29, 0.717) is 5.41 Å². The number of hydrogen-bond acceptors (Lipinski definition) is 3. The molecule has 0 radical (unpaired) electrons. The molecule has 14 heavy (non-hydrogen) atoms. The van der Waals surface area contributed by atoms with Crippen LogP contribution in [0.25, 0.3) is 0 Å². The van der Waals surface area contributed by atoms with E-state index in [1.807, 2.05) is 7.11 Å². The van der Waals surface area contributed by atoms with Crippen LogP contribution in [0.4, 0.5) is 0 Å². The van der Waals surface area contributed by atoms with Gasteiger partial charge in [0.1, 0.15) is 0 Å². The van der Waals surface area contributed by atoms with Crippen LogP contribution in [0, 0.1) is 5.41 Å². The fourth-order valence-electron chi connectivity index (χ4n) is 2.17. The largest absolute Gasteiger partial charge is 0.380 e. The molecule has 0 unspecified atom stereocenters. The van der Waals surface area contributed by atoms with E-state index in [9.17, 15) is 0 Å². The summed E-state index contributed by atoms with van der Waals surface area (Å²) in [6.07, 6.45) is 3.74. The summed E-state index contributed by atoms with van der Waals surface area (Å²) in [5.41, 5.74) is 0.527. The summed E-state index contributed by atoms with van der Waals surface area (Å²) in [6.45, 7) is 6.13. The van der Waals surface area contributed by atoms with Crippen LogP contribution in [0.3, 0.4) is 0 Å². The van der Waals surface area contributed by atoms with Gasteiger partial charge in [0.05, 0.1) is 18.8 Å². The first-order valence-corrected chi connectivity index (χ1v) is 5.52. The molecule has 82 valence electrons. The summed E-state index contributed by atoms with van der Waals surface area (Å²) in [4.78, 5) is 0. The number of ether oxygens (including phenoxy) is 2. The minimum absolute atomic E-state index is 0.154. The smallest absolute Gasteiger partial charge is 0.0802 e. The fraction of sp³-hybridized carbons (Fsp3) is 1.00. The lowest BCUT2D eigenvalue weighted by Gasteiger charge is -2.43. The van der Waals surface area contributed by atoms with Crippen LogP contribution in [0.15, 0.2) is 0 Å². The molecular formula is C11H21NO2. The zero-order valence-electron chi connectivity index (χ0n) is 9.27. The van der Waals surface area contributed by atoms with Crippen LogP contribution in [0.1, 0.15) is 26.2 Å². The molecule has 1 N–H and O–H groups in total. The van der Waals surface area contributed by atoms with Crippen molar-refractivity contribution in [3.63, 3.8) is 0 Å². The Morgan fingerprint density at radius 1 is 1.29 bits per heavy atom. The van der Waals surface area contributed by atoms with Crippen molar-refractivity contribution in [1.82, 2.24) is 5.32 Å². The normalized spacial score (nSPS) is 27.9. The predicted octanol–water partition coefficient (Wildman–Crippen LogP) is 1.18. The average Bonchev–Trinajstić information content (AvgIpc) is 2.07. The van der Waals surface area contributed by atoms with E-state index < -0.39 is 0 Å². The molecule has 1 saturated carbocycles. The van der Waals surface area contributed by atoms with Gasteiger partial charge in [-0.1, -0.05) is 6.92 Å². The molecule has 0 amide bonds. The third-order valence-corrected chi connectivity index (χ3v) is 3.60. The van der Waals surface area contributed by atoms with Crippen LogP contribution in [0.2, 0.25) is 0 Å². The second-order valence-corrected chi connectivity index (χ2v) is 5.15. The summed E-state index contributed by atoms with van der Waals surface area (Å²) in [5, 5.41) is 3.52. The van der Waals surface area contributed by atoms with Crippen molar-refractivity contribution < 1.29 is 9.47 Å². The first-order valence-electron chi connectivity index (χ1n) is 5.52. The van der Waals surface area contributed by atoms with Gasteiger partial charge < -0.3 is 14.8 Å². The number of rotatable bonds is 5. The average molecular weight is 199 g/mol. The van der Waals surface area contributed by atoms with Gasteiger partial charge in [-0.25, -0.2) is 0 Å². The third-order valence-electron chi connectivity index (χ3n) is 3.60. The Kier molecular flexibility index (Phi) is 2.82. The highest BCUT2D eigenvalue weighted by molar-refractivity contribution is 4.93. The molecule has 2 fully saturated rings. The van der Waals surface area contributed by atoms with E-state index in [1.165, 1.54) is 19.3 Å². The maximum absolute atomic E-state index is 5.55. The van der Waals surface area contributed by atoms with Crippen molar-refractivity contribution in [2.24, 2.45) is 5.41 Å². The van der Waals surface area contributed by atoms with Gasteiger partial charge >= 0.3 is 0 Å². The highest BCUT2D eigenvalue weighted by atomic mass is 16.5. The van der Waals surface area contributed by atoms with Gasteiger partial charge in [0, 0.05) is 25.6 Å². The van der Waals surface area contributed by atoms with Gasteiger partial charge in [-0.05, 0) is 19.3 Å². The van der Waals surface area contributed by atoms with Crippen molar-refractivity contribution >= 4 is 0 Å². The molecule has 0 aromatic carbocycles. The Bertz CT molecular complexity index is 192. The maximum Gasteiger partial charge on any atom is 0.0802 e. The standard InChI is InChI=1S/C11H21NO2/c1-10(8-14-9-10)6-12-7-11(13-2)4-3-5-11/h12H,3-9H2,1-2H3. The fourth-order valence-corrected chi connectivity index (χ4v) is 2.17. The molecule has 1 aliphatic carbocycles. The molecule has 0 aromatic heterocycles. The highest BCUT2D eigenvalue weighted by Gasteiger charge is 2.38. The van der Waals surface area contributed by atoms with Crippen molar-refractivity contribution in [2.75, 3.05) is 33.4 Å².